The molecule has 0 bridgehead atoms. The zero-order valence-corrected chi connectivity index (χ0v) is 37.0. The molecule has 0 amide bonds. The number of fused-ring (bicyclic) bond motifs is 21. The molecule has 1 aromatic heterocycles. The van der Waals surface area contributed by atoms with E-state index in [1.54, 1.807) is 27.9 Å². The van der Waals surface area contributed by atoms with Gasteiger partial charge >= 0.3 is 0 Å². The van der Waals surface area contributed by atoms with Crippen molar-refractivity contribution in [1.29, 1.82) is 0 Å². The van der Waals surface area contributed by atoms with Gasteiger partial charge in [-0.05, 0) is 130 Å². The summed E-state index contributed by atoms with van der Waals surface area (Å²) in [6.07, 6.45) is 60.0. The van der Waals surface area contributed by atoms with Gasteiger partial charge in [0.25, 0.3) is 0 Å². The van der Waals surface area contributed by atoms with Crippen LogP contribution in [0.3, 0.4) is 0 Å². The molecule has 316 valence electrons. The molecule has 0 aliphatic heterocycles. The van der Waals surface area contributed by atoms with Crippen molar-refractivity contribution >= 4 is 33.3 Å². The smallest absolute Gasteiger partial charge is 0.137 e. The van der Waals surface area contributed by atoms with E-state index in [2.05, 4.69) is 206 Å². The minimum atomic E-state index is -0.133. The van der Waals surface area contributed by atoms with Gasteiger partial charge in [0.15, 0.2) is 0 Å². The molecule has 11 unspecified atom stereocenters. The Balaban J connectivity index is 0.981. The number of benzene rings is 3. The fourth-order valence-corrected chi connectivity index (χ4v) is 16.5. The van der Waals surface area contributed by atoms with Gasteiger partial charge in [0.2, 0.25) is 0 Å². The number of para-hydroxylation sites is 1. The van der Waals surface area contributed by atoms with Gasteiger partial charge < -0.3 is 9.32 Å². The van der Waals surface area contributed by atoms with Gasteiger partial charge in [-0.3, -0.25) is 0 Å². The SMILES string of the molecule is CC12C=CC=CC1C1(c3cccc(N(c4cccc5oc6ccccc6c45)C4C=CC5=C(C4)C4(C6=CCCC=C6C6C=CC=CC64)C4=C5C=CCC4)c3C3C=CC=CC31)C1C=CC=CC12. The summed E-state index contributed by atoms with van der Waals surface area (Å²) < 4.78 is 6.73. The Kier molecular flexibility index (Phi) is 7.45. The van der Waals surface area contributed by atoms with Crippen LogP contribution < -0.4 is 4.90 Å². The quantitative estimate of drug-likeness (QED) is 0.204. The van der Waals surface area contributed by atoms with E-state index >= 15 is 0 Å². The molecule has 65 heavy (non-hydrogen) atoms. The third-order valence-corrected chi connectivity index (χ3v) is 18.5. The van der Waals surface area contributed by atoms with Crippen LogP contribution in [0.2, 0.25) is 0 Å². The van der Waals surface area contributed by atoms with Crippen molar-refractivity contribution in [2.45, 2.75) is 56.4 Å². The number of nitrogens with zero attached hydrogens (tertiary/aromatic N) is 1. The molecule has 11 atom stereocenters. The van der Waals surface area contributed by atoms with Gasteiger partial charge in [0, 0.05) is 39.7 Å². The highest BCUT2D eigenvalue weighted by Gasteiger charge is 2.70. The molecule has 0 saturated heterocycles. The second-order valence-corrected chi connectivity index (χ2v) is 20.9. The second kappa shape index (κ2) is 13.1. The fourth-order valence-electron chi connectivity index (χ4n) is 16.5. The highest BCUT2D eigenvalue weighted by Crippen LogP contribution is 2.75. The van der Waals surface area contributed by atoms with E-state index in [4.69, 9.17) is 4.42 Å². The van der Waals surface area contributed by atoms with E-state index < -0.39 is 0 Å². The summed E-state index contributed by atoms with van der Waals surface area (Å²) in [7, 11) is 0. The van der Waals surface area contributed by atoms with Crippen LogP contribution in [0.25, 0.3) is 21.9 Å². The maximum Gasteiger partial charge on any atom is 0.137 e. The number of allylic oxidation sites excluding steroid dienone is 26. The highest BCUT2D eigenvalue weighted by molar-refractivity contribution is 6.12. The van der Waals surface area contributed by atoms with Crippen LogP contribution in [0.15, 0.2) is 232 Å². The first-order chi connectivity index (χ1) is 32.1. The molecule has 15 rings (SSSR count). The Morgan fingerprint density at radius 3 is 2.26 bits per heavy atom. The van der Waals surface area contributed by atoms with Gasteiger partial charge in [-0.1, -0.05) is 177 Å². The van der Waals surface area contributed by atoms with E-state index in [-0.39, 0.29) is 28.2 Å². The van der Waals surface area contributed by atoms with E-state index in [9.17, 15) is 0 Å². The van der Waals surface area contributed by atoms with Crippen molar-refractivity contribution in [2.75, 3.05) is 4.90 Å². The summed E-state index contributed by atoms with van der Waals surface area (Å²) in [5, 5.41) is 2.38. The molecule has 2 heteroatoms. The zero-order chi connectivity index (χ0) is 42.6. The topological polar surface area (TPSA) is 16.4 Å². The third kappa shape index (κ3) is 4.43. The Morgan fingerprint density at radius 2 is 1.34 bits per heavy atom. The van der Waals surface area contributed by atoms with Gasteiger partial charge in [-0.25, -0.2) is 0 Å². The summed E-state index contributed by atoms with van der Waals surface area (Å²) >= 11 is 0. The first kappa shape index (κ1) is 36.9. The number of rotatable bonds is 3. The van der Waals surface area contributed by atoms with Crippen molar-refractivity contribution in [2.24, 2.45) is 46.3 Å². The second-order valence-electron chi connectivity index (χ2n) is 20.9. The maximum absolute atomic E-state index is 6.73. The summed E-state index contributed by atoms with van der Waals surface area (Å²) in [6, 6.07) is 23.0. The molecule has 2 nitrogen and oxygen atoms in total. The molecule has 3 aromatic carbocycles. The molecule has 11 aliphatic rings. The van der Waals surface area contributed by atoms with Crippen LogP contribution in [0.5, 0.6) is 0 Å². The lowest BCUT2D eigenvalue weighted by Gasteiger charge is -2.44. The first-order valence-electron chi connectivity index (χ1n) is 24.6. The Labute approximate surface area is 382 Å². The van der Waals surface area contributed by atoms with E-state index in [0.29, 0.717) is 35.5 Å². The number of furan rings is 1. The molecule has 2 saturated carbocycles. The largest absolute Gasteiger partial charge is 0.456 e. The summed E-state index contributed by atoms with van der Waals surface area (Å²) in [4.78, 5) is 2.81. The Hall–Kier alpha value is -6.38. The molecular weight excluding hydrogens is 787 g/mol. The van der Waals surface area contributed by atoms with Gasteiger partial charge in [-0.15, -0.1) is 0 Å². The molecule has 4 aromatic rings. The molecule has 2 fully saturated rings. The van der Waals surface area contributed by atoms with Crippen molar-refractivity contribution in [3.8, 4) is 0 Å². The lowest BCUT2D eigenvalue weighted by atomic mass is 9.58. The molecule has 11 aliphatic carbocycles. The molecular formula is C63H53NO. The predicted octanol–water partition coefficient (Wildman–Crippen LogP) is 15.2. The number of hydrogen-bond donors (Lipinski definition) is 0. The molecule has 0 N–H and O–H groups in total. The van der Waals surface area contributed by atoms with E-state index in [1.165, 1.54) is 38.9 Å². The van der Waals surface area contributed by atoms with E-state index in [1.807, 2.05) is 0 Å². The van der Waals surface area contributed by atoms with Crippen LogP contribution in [-0.4, -0.2) is 6.04 Å². The van der Waals surface area contributed by atoms with Crippen LogP contribution in [0.4, 0.5) is 11.4 Å². The standard InChI is InChI=1S/C63H53NO/c1-61-37-15-14-34-58(61)63(51-28-12-11-27-50(51)61)49-26-10-5-21-44(49)59-52(63)29-16-30-54(59)64(55-31-17-33-57-60(55)45-22-6-13-32-56(45)65-57)39-35-36-43-42-20-4-9-25-48(42)62(53(43)38-39)46-23-7-2-18-40(46)41-19-3-8-24-47(41)62/h2,4-7,10-24,26-37,39-40,44,46,49-51,58H,3,8-9,25,38H2,1H3. The molecule has 2 spiro atoms. The normalized spacial score (nSPS) is 36.6. The van der Waals surface area contributed by atoms with Crippen molar-refractivity contribution in [1.82, 2.24) is 0 Å². The van der Waals surface area contributed by atoms with Crippen molar-refractivity contribution in [3.05, 3.63) is 239 Å². The van der Waals surface area contributed by atoms with Gasteiger partial charge in [0.05, 0.1) is 17.1 Å². The first-order valence-corrected chi connectivity index (χ1v) is 24.6. The van der Waals surface area contributed by atoms with Crippen molar-refractivity contribution < 1.29 is 4.42 Å². The predicted molar refractivity (Wildman–Crippen MR) is 267 cm³/mol. The monoisotopic (exact) mass is 839 g/mol. The van der Waals surface area contributed by atoms with Crippen LogP contribution in [0, 0.1) is 46.3 Å². The number of anilines is 2. The summed E-state index contributed by atoms with van der Waals surface area (Å²) in [5.74, 6) is 2.50. The van der Waals surface area contributed by atoms with Gasteiger partial charge in [-0.2, -0.15) is 0 Å². The van der Waals surface area contributed by atoms with E-state index in [0.717, 1.165) is 43.3 Å². The maximum atomic E-state index is 6.73. The fraction of sp³-hybridized carbons (Fsp3) is 0.270. The molecule has 1 heterocycles. The lowest BCUT2D eigenvalue weighted by molar-refractivity contribution is 0.205. The van der Waals surface area contributed by atoms with Crippen LogP contribution >= 0.6 is 0 Å². The lowest BCUT2D eigenvalue weighted by Crippen LogP contribution is -2.43. The Bertz CT molecular complexity index is 3280. The van der Waals surface area contributed by atoms with Gasteiger partial charge in [0.1, 0.15) is 11.2 Å². The Morgan fingerprint density at radius 1 is 0.600 bits per heavy atom. The highest BCUT2D eigenvalue weighted by atomic mass is 16.3. The van der Waals surface area contributed by atoms with Crippen LogP contribution in [0.1, 0.15) is 56.1 Å². The summed E-state index contributed by atoms with van der Waals surface area (Å²) in [6.45, 7) is 2.55. The van der Waals surface area contributed by atoms with Crippen molar-refractivity contribution in [3.63, 3.8) is 0 Å². The third-order valence-electron chi connectivity index (χ3n) is 18.5. The van der Waals surface area contributed by atoms with Crippen LogP contribution in [-0.2, 0) is 5.41 Å². The minimum Gasteiger partial charge on any atom is -0.456 e. The summed E-state index contributed by atoms with van der Waals surface area (Å²) in [5.41, 5.74) is 16.8. The molecule has 0 radical (unpaired) electrons. The number of hydrogen-bond acceptors (Lipinski definition) is 2. The zero-order valence-electron chi connectivity index (χ0n) is 37.0. The average molecular weight is 840 g/mol. The minimum absolute atomic E-state index is 0.00810. The average Bonchev–Trinajstić information content (AvgIpc) is 4.12.